The minimum atomic E-state index is -0.161. The van der Waals surface area contributed by atoms with Crippen molar-refractivity contribution in [1.29, 1.82) is 0 Å². The number of piperidine rings is 1. The smallest absolute Gasteiger partial charge is 0.259 e. The van der Waals surface area contributed by atoms with E-state index in [0.717, 1.165) is 52.5 Å². The fraction of sp³-hybridized carbons (Fsp3) is 0.394. The monoisotopic (exact) mass is 537 g/mol. The van der Waals surface area contributed by atoms with Crippen LogP contribution in [0.5, 0.6) is 5.75 Å². The van der Waals surface area contributed by atoms with Crippen molar-refractivity contribution in [2.75, 3.05) is 45.2 Å². The summed E-state index contributed by atoms with van der Waals surface area (Å²) in [6.45, 7) is 8.18. The summed E-state index contributed by atoms with van der Waals surface area (Å²) in [6.07, 6.45) is 9.96. The molecule has 208 valence electrons. The van der Waals surface area contributed by atoms with Crippen LogP contribution in [0.15, 0.2) is 65.7 Å². The molecule has 0 radical (unpaired) electrons. The Balaban J connectivity index is 1.13. The normalized spacial score (nSPS) is 16.9. The van der Waals surface area contributed by atoms with Gasteiger partial charge in [-0.25, -0.2) is 4.98 Å². The second-order valence-corrected chi connectivity index (χ2v) is 11.2. The molecule has 2 fully saturated rings. The summed E-state index contributed by atoms with van der Waals surface area (Å²) in [5, 5.41) is 4.81. The molecule has 2 aliphatic rings. The predicted octanol–water partition coefficient (Wildman–Crippen LogP) is 5.75. The Morgan fingerprint density at radius 3 is 2.50 bits per heavy atom. The number of likely N-dealkylation sites (tertiary alicyclic amines) is 2. The molecule has 40 heavy (non-hydrogen) atoms. The maximum atomic E-state index is 13.0. The van der Waals surface area contributed by atoms with Gasteiger partial charge in [0.25, 0.3) is 5.56 Å². The molecule has 2 aromatic carbocycles. The molecule has 0 spiro atoms. The van der Waals surface area contributed by atoms with E-state index >= 15 is 0 Å². The summed E-state index contributed by atoms with van der Waals surface area (Å²) in [6, 6.07) is 17.2. The molecule has 4 aromatic rings. The number of pyridine rings is 2. The number of aromatic amines is 1. The van der Waals surface area contributed by atoms with Gasteiger partial charge in [-0.05, 0) is 112 Å². The van der Waals surface area contributed by atoms with Crippen LogP contribution in [0.2, 0.25) is 0 Å². The average molecular weight is 538 g/mol. The fourth-order valence-corrected chi connectivity index (χ4v) is 6.38. The zero-order valence-corrected chi connectivity index (χ0v) is 23.6. The second kappa shape index (κ2) is 11.8. The first-order valence-electron chi connectivity index (χ1n) is 14.6. The van der Waals surface area contributed by atoms with Crippen LogP contribution in [0.1, 0.15) is 36.8 Å². The van der Waals surface area contributed by atoms with Gasteiger partial charge in [-0.2, -0.15) is 0 Å². The van der Waals surface area contributed by atoms with Gasteiger partial charge in [0.05, 0.1) is 12.5 Å². The van der Waals surface area contributed by atoms with Crippen LogP contribution in [-0.4, -0.2) is 65.6 Å². The number of nitrogens with zero attached hydrogens (tertiary/aromatic N) is 3. The first kappa shape index (κ1) is 26.5. The van der Waals surface area contributed by atoms with Crippen molar-refractivity contribution in [2.24, 2.45) is 0 Å². The van der Waals surface area contributed by atoms with Crippen LogP contribution >= 0.6 is 0 Å². The topological polar surface area (TPSA) is 73.5 Å². The molecule has 2 N–H and O–H groups in total. The summed E-state index contributed by atoms with van der Waals surface area (Å²) >= 11 is 0. The molecule has 0 amide bonds. The number of ether oxygens (including phenoxy) is 1. The number of rotatable bonds is 8. The number of anilines is 2. The lowest BCUT2D eigenvalue weighted by molar-refractivity contribution is 0.128. The van der Waals surface area contributed by atoms with E-state index in [4.69, 9.17) is 4.74 Å². The summed E-state index contributed by atoms with van der Waals surface area (Å²) < 4.78 is 5.37. The molecule has 4 heterocycles. The predicted molar refractivity (Wildman–Crippen MR) is 163 cm³/mol. The first-order valence-corrected chi connectivity index (χ1v) is 14.6. The van der Waals surface area contributed by atoms with Crippen molar-refractivity contribution in [3.05, 3.63) is 82.4 Å². The van der Waals surface area contributed by atoms with Crippen molar-refractivity contribution >= 4 is 22.3 Å². The second-order valence-electron chi connectivity index (χ2n) is 11.2. The Morgan fingerprint density at radius 1 is 1.00 bits per heavy atom. The number of aromatic nitrogens is 2. The number of aryl methyl sites for hydroxylation is 1. The highest BCUT2D eigenvalue weighted by Gasteiger charge is 2.26. The van der Waals surface area contributed by atoms with Crippen LogP contribution in [0.25, 0.3) is 21.9 Å². The van der Waals surface area contributed by atoms with Crippen molar-refractivity contribution in [1.82, 2.24) is 19.8 Å². The average Bonchev–Trinajstić information content (AvgIpc) is 3.53. The summed E-state index contributed by atoms with van der Waals surface area (Å²) in [4.78, 5) is 25.8. The lowest BCUT2D eigenvalue weighted by atomic mass is 9.97. The van der Waals surface area contributed by atoms with Gasteiger partial charge in [-0.1, -0.05) is 18.2 Å². The molecule has 0 saturated carbocycles. The number of H-pyrrole nitrogens is 1. The Hall–Kier alpha value is -3.68. The van der Waals surface area contributed by atoms with Gasteiger partial charge in [0.1, 0.15) is 11.6 Å². The number of methoxy groups -OCH3 is 1. The van der Waals surface area contributed by atoms with Gasteiger partial charge in [0, 0.05) is 41.6 Å². The maximum absolute atomic E-state index is 13.0. The first-order chi connectivity index (χ1) is 19.6. The van der Waals surface area contributed by atoms with Gasteiger partial charge >= 0.3 is 0 Å². The highest BCUT2D eigenvalue weighted by Crippen LogP contribution is 2.33. The van der Waals surface area contributed by atoms with E-state index in [-0.39, 0.29) is 5.56 Å². The SMILES string of the molecule is COc1ccc(-c2c[nH]c(=O)c3c(Nc4ccc(CCN5CCC(N6CCCC6)CC5)cc4)nccc23)c(C)c1. The third kappa shape index (κ3) is 5.62. The van der Waals surface area contributed by atoms with E-state index in [0.29, 0.717) is 11.2 Å². The summed E-state index contributed by atoms with van der Waals surface area (Å²) in [5.41, 5.74) is 5.16. The van der Waals surface area contributed by atoms with Crippen molar-refractivity contribution in [2.45, 2.75) is 45.1 Å². The number of fused-ring (bicyclic) bond motifs is 1. The fourth-order valence-electron chi connectivity index (χ4n) is 6.38. The third-order valence-corrected chi connectivity index (χ3v) is 8.69. The van der Waals surface area contributed by atoms with Crippen molar-refractivity contribution in [3.8, 4) is 16.9 Å². The third-order valence-electron chi connectivity index (χ3n) is 8.69. The number of nitrogens with one attached hydrogen (secondary N) is 2. The Kier molecular flexibility index (Phi) is 7.84. The molecule has 2 aromatic heterocycles. The zero-order chi connectivity index (χ0) is 27.5. The van der Waals surface area contributed by atoms with E-state index in [1.165, 1.54) is 57.4 Å². The highest BCUT2D eigenvalue weighted by atomic mass is 16.5. The van der Waals surface area contributed by atoms with E-state index in [1.54, 1.807) is 19.5 Å². The van der Waals surface area contributed by atoms with Crippen molar-refractivity contribution in [3.63, 3.8) is 0 Å². The number of benzene rings is 2. The molecule has 0 bridgehead atoms. The van der Waals surface area contributed by atoms with Crippen LogP contribution < -0.4 is 15.6 Å². The van der Waals surface area contributed by atoms with Crippen LogP contribution in [0.3, 0.4) is 0 Å². The summed E-state index contributed by atoms with van der Waals surface area (Å²) in [5.74, 6) is 1.37. The molecule has 0 unspecified atom stereocenters. The van der Waals surface area contributed by atoms with E-state index in [2.05, 4.69) is 49.4 Å². The van der Waals surface area contributed by atoms with Crippen LogP contribution in [-0.2, 0) is 6.42 Å². The molecule has 2 aliphatic heterocycles. The van der Waals surface area contributed by atoms with Gasteiger partial charge < -0.3 is 24.8 Å². The minimum Gasteiger partial charge on any atom is -0.497 e. The van der Waals surface area contributed by atoms with Crippen LogP contribution in [0, 0.1) is 6.92 Å². The Morgan fingerprint density at radius 2 is 1.77 bits per heavy atom. The lowest BCUT2D eigenvalue weighted by Gasteiger charge is -2.36. The van der Waals surface area contributed by atoms with Crippen molar-refractivity contribution < 1.29 is 4.74 Å². The number of hydrogen-bond donors (Lipinski definition) is 2. The molecular formula is C33H39N5O2. The molecule has 7 nitrogen and oxygen atoms in total. The molecular weight excluding hydrogens is 498 g/mol. The van der Waals surface area contributed by atoms with Gasteiger partial charge in [0.2, 0.25) is 0 Å². The van der Waals surface area contributed by atoms with E-state index in [9.17, 15) is 4.79 Å². The van der Waals surface area contributed by atoms with Gasteiger partial charge in [-0.15, -0.1) is 0 Å². The molecule has 2 saturated heterocycles. The maximum Gasteiger partial charge on any atom is 0.259 e. The van der Waals surface area contributed by atoms with Gasteiger partial charge in [-0.3, -0.25) is 4.79 Å². The minimum absolute atomic E-state index is 0.161. The Labute approximate surface area is 236 Å². The number of hydrogen-bond acceptors (Lipinski definition) is 6. The molecule has 6 rings (SSSR count). The standard InChI is InChI=1S/C33H39N5O2/c1-23-21-27(40-2)9-10-28(23)30-22-35-33(39)31-29(30)11-15-34-32(31)36-25-7-5-24(6-8-25)12-18-37-19-13-26(14-20-37)38-16-3-4-17-38/h5-11,15,21-22,26H,3-4,12-14,16-20H2,1-2H3,(H,34,36)(H,35,39). The zero-order valence-electron chi connectivity index (χ0n) is 23.6. The van der Waals surface area contributed by atoms with E-state index < -0.39 is 0 Å². The van der Waals surface area contributed by atoms with Gasteiger partial charge in [0.15, 0.2) is 0 Å². The summed E-state index contributed by atoms with van der Waals surface area (Å²) in [7, 11) is 1.67. The Bertz CT molecular complexity index is 1520. The highest BCUT2D eigenvalue weighted by molar-refractivity contribution is 6.02. The molecule has 0 aliphatic carbocycles. The van der Waals surface area contributed by atoms with Crippen LogP contribution in [0.4, 0.5) is 11.5 Å². The van der Waals surface area contributed by atoms with E-state index in [1.807, 2.05) is 31.2 Å². The molecule has 7 heteroatoms. The quantitative estimate of drug-likeness (QED) is 0.298. The largest absolute Gasteiger partial charge is 0.497 e. The lowest BCUT2D eigenvalue weighted by Crippen LogP contribution is -2.44. The molecule has 0 atom stereocenters.